The summed E-state index contributed by atoms with van der Waals surface area (Å²) in [5, 5.41) is 3.24. The zero-order valence-electron chi connectivity index (χ0n) is 13.5. The summed E-state index contributed by atoms with van der Waals surface area (Å²) in [7, 11) is 0. The molecule has 1 unspecified atom stereocenters. The average Bonchev–Trinajstić information content (AvgIpc) is 2.78. The molecule has 6 heteroatoms. The van der Waals surface area contributed by atoms with E-state index in [0.717, 1.165) is 30.5 Å². The lowest BCUT2D eigenvalue weighted by atomic mass is 9.89. The second-order valence-corrected chi connectivity index (χ2v) is 6.87. The van der Waals surface area contributed by atoms with E-state index in [1.165, 1.54) is 16.8 Å². The smallest absolute Gasteiger partial charge is 0.274 e. The van der Waals surface area contributed by atoms with Gasteiger partial charge in [-0.25, -0.2) is 9.07 Å². The van der Waals surface area contributed by atoms with Crippen molar-refractivity contribution in [1.29, 1.82) is 0 Å². The molecule has 1 N–H and O–H groups in total. The molecule has 1 heterocycles. The van der Waals surface area contributed by atoms with Gasteiger partial charge in [-0.3, -0.25) is 9.89 Å². The van der Waals surface area contributed by atoms with Crippen LogP contribution in [0.15, 0.2) is 16.9 Å². The molecule has 2 aromatic rings. The highest BCUT2D eigenvalue weighted by Gasteiger charge is 2.24. The van der Waals surface area contributed by atoms with E-state index < -0.39 is 5.82 Å². The number of hydrogen-bond acceptors (Lipinski definition) is 2. The van der Waals surface area contributed by atoms with E-state index in [1.807, 2.05) is 13.8 Å². The molecule has 3 rings (SSSR count). The van der Waals surface area contributed by atoms with Crippen molar-refractivity contribution >= 4 is 11.6 Å². The molecule has 1 aliphatic carbocycles. The molecule has 1 atom stereocenters. The quantitative estimate of drug-likeness (QED) is 0.923. The predicted octanol–water partition coefficient (Wildman–Crippen LogP) is 3.87. The molecule has 4 nitrogen and oxygen atoms in total. The standard InChI is InChI=1S/C17H20ClFN2O2/c1-9(2)23-16-8-15(13(19)7-12(16)18)21-17(22)11-6-10(3)4-5-14(11)20-21/h7-10,20H,4-6H2,1-3H3. The molecule has 0 aliphatic heterocycles. The van der Waals surface area contributed by atoms with Gasteiger partial charge in [-0.15, -0.1) is 0 Å². The van der Waals surface area contributed by atoms with Crippen molar-refractivity contribution in [2.75, 3.05) is 0 Å². The highest BCUT2D eigenvalue weighted by atomic mass is 35.5. The SMILES string of the molecule is CC1CCc2[nH]n(-c3cc(OC(C)C)c(Cl)cc3F)c(=O)c2C1. The van der Waals surface area contributed by atoms with Crippen LogP contribution in [0.5, 0.6) is 5.75 Å². The first-order chi connectivity index (χ1) is 10.9. The summed E-state index contributed by atoms with van der Waals surface area (Å²) in [6.07, 6.45) is 2.46. The minimum Gasteiger partial charge on any atom is -0.489 e. The molecule has 0 radical (unpaired) electrons. The van der Waals surface area contributed by atoms with Gasteiger partial charge < -0.3 is 4.74 Å². The van der Waals surface area contributed by atoms with Crippen LogP contribution < -0.4 is 10.3 Å². The molecule has 1 aromatic carbocycles. The largest absolute Gasteiger partial charge is 0.489 e. The molecule has 0 saturated carbocycles. The Morgan fingerprint density at radius 1 is 1.43 bits per heavy atom. The van der Waals surface area contributed by atoms with Crippen LogP contribution in [-0.4, -0.2) is 15.9 Å². The number of nitrogens with one attached hydrogen (secondary N) is 1. The van der Waals surface area contributed by atoms with Crippen LogP contribution in [0.1, 0.15) is 38.4 Å². The molecule has 0 fully saturated rings. The van der Waals surface area contributed by atoms with Crippen molar-refractivity contribution in [3.8, 4) is 11.4 Å². The third-order valence-electron chi connectivity index (χ3n) is 4.12. The lowest BCUT2D eigenvalue weighted by molar-refractivity contribution is 0.242. The summed E-state index contributed by atoms with van der Waals surface area (Å²) in [6, 6.07) is 2.66. The molecule has 124 valence electrons. The highest BCUT2D eigenvalue weighted by Crippen LogP contribution is 2.30. The van der Waals surface area contributed by atoms with Crippen molar-refractivity contribution in [3.63, 3.8) is 0 Å². The van der Waals surface area contributed by atoms with Gasteiger partial charge in [-0.2, -0.15) is 0 Å². The number of rotatable bonds is 3. The number of aromatic amines is 1. The van der Waals surface area contributed by atoms with E-state index in [0.29, 0.717) is 11.7 Å². The van der Waals surface area contributed by atoms with Crippen LogP contribution in [0.25, 0.3) is 5.69 Å². The number of H-pyrrole nitrogens is 1. The molecule has 1 aromatic heterocycles. The van der Waals surface area contributed by atoms with E-state index in [9.17, 15) is 9.18 Å². The van der Waals surface area contributed by atoms with Crippen LogP contribution in [0.2, 0.25) is 5.02 Å². The average molecular weight is 339 g/mol. The molecular formula is C17H20ClFN2O2. The maximum Gasteiger partial charge on any atom is 0.274 e. The van der Waals surface area contributed by atoms with Crippen molar-refractivity contribution in [3.05, 3.63) is 44.6 Å². The number of aryl methyl sites for hydroxylation is 1. The Hall–Kier alpha value is -1.75. The first-order valence-corrected chi connectivity index (χ1v) is 8.23. The van der Waals surface area contributed by atoms with Crippen LogP contribution in [0, 0.1) is 11.7 Å². The minimum atomic E-state index is -0.556. The third-order valence-corrected chi connectivity index (χ3v) is 4.41. The van der Waals surface area contributed by atoms with Crippen LogP contribution >= 0.6 is 11.6 Å². The van der Waals surface area contributed by atoms with Crippen molar-refractivity contribution in [2.24, 2.45) is 5.92 Å². The number of fused-ring (bicyclic) bond motifs is 1. The van der Waals surface area contributed by atoms with Crippen LogP contribution in [-0.2, 0) is 12.8 Å². The van der Waals surface area contributed by atoms with Crippen molar-refractivity contribution < 1.29 is 9.13 Å². The first kappa shape index (κ1) is 16.1. The van der Waals surface area contributed by atoms with Crippen molar-refractivity contribution in [1.82, 2.24) is 9.78 Å². The van der Waals surface area contributed by atoms with E-state index >= 15 is 0 Å². The van der Waals surface area contributed by atoms with Gasteiger partial charge in [0.1, 0.15) is 11.4 Å². The van der Waals surface area contributed by atoms with Gasteiger partial charge in [-0.05, 0) is 45.1 Å². The van der Waals surface area contributed by atoms with Crippen LogP contribution in [0.3, 0.4) is 0 Å². The molecule has 0 saturated heterocycles. The van der Waals surface area contributed by atoms with E-state index in [-0.39, 0.29) is 22.4 Å². The Bertz CT molecular complexity index is 795. The van der Waals surface area contributed by atoms with Crippen molar-refractivity contribution in [2.45, 2.75) is 46.1 Å². The van der Waals surface area contributed by atoms with Gasteiger partial charge >= 0.3 is 0 Å². The number of aromatic nitrogens is 2. The summed E-state index contributed by atoms with van der Waals surface area (Å²) >= 11 is 6.03. The Morgan fingerprint density at radius 3 is 2.87 bits per heavy atom. The number of hydrogen-bond donors (Lipinski definition) is 1. The number of nitrogens with zero attached hydrogens (tertiary/aromatic N) is 1. The van der Waals surface area contributed by atoms with Gasteiger partial charge in [0.15, 0.2) is 5.82 Å². The molecule has 0 bridgehead atoms. The van der Waals surface area contributed by atoms with Gasteiger partial charge in [-0.1, -0.05) is 18.5 Å². The number of ether oxygens (including phenoxy) is 1. The van der Waals surface area contributed by atoms with Gasteiger partial charge in [0.05, 0.1) is 11.1 Å². The Balaban J connectivity index is 2.10. The summed E-state index contributed by atoms with van der Waals surface area (Å²) in [6.45, 7) is 5.84. The van der Waals surface area contributed by atoms with E-state index in [4.69, 9.17) is 16.3 Å². The predicted molar refractivity (Wildman–Crippen MR) is 88.3 cm³/mol. The Kier molecular flexibility index (Phi) is 4.23. The Morgan fingerprint density at radius 2 is 2.17 bits per heavy atom. The topological polar surface area (TPSA) is 47.0 Å². The summed E-state index contributed by atoms with van der Waals surface area (Å²) < 4.78 is 21.2. The Labute approximate surface area is 139 Å². The maximum atomic E-state index is 14.4. The number of halogens is 2. The lowest BCUT2D eigenvalue weighted by Crippen LogP contribution is -2.21. The monoisotopic (exact) mass is 338 g/mol. The van der Waals surface area contributed by atoms with Crippen LogP contribution in [0.4, 0.5) is 4.39 Å². The summed E-state index contributed by atoms with van der Waals surface area (Å²) in [5.74, 6) is 0.278. The van der Waals surface area contributed by atoms with Gasteiger partial charge in [0.25, 0.3) is 5.56 Å². The fourth-order valence-electron chi connectivity index (χ4n) is 2.98. The van der Waals surface area contributed by atoms with Gasteiger partial charge in [0.2, 0.25) is 0 Å². The molecule has 0 spiro atoms. The molecular weight excluding hydrogens is 319 g/mol. The second-order valence-electron chi connectivity index (χ2n) is 6.46. The zero-order chi connectivity index (χ0) is 16.7. The normalized spacial score (nSPS) is 17.4. The fraction of sp³-hybridized carbons (Fsp3) is 0.471. The molecule has 1 aliphatic rings. The first-order valence-electron chi connectivity index (χ1n) is 7.85. The molecule has 23 heavy (non-hydrogen) atoms. The second kappa shape index (κ2) is 6.04. The lowest BCUT2D eigenvalue weighted by Gasteiger charge is -2.15. The summed E-state index contributed by atoms with van der Waals surface area (Å²) in [5.41, 5.74) is 1.60. The van der Waals surface area contributed by atoms with E-state index in [2.05, 4.69) is 12.0 Å². The fourth-order valence-corrected chi connectivity index (χ4v) is 3.17. The minimum absolute atomic E-state index is 0.0970. The zero-order valence-corrected chi connectivity index (χ0v) is 14.2. The van der Waals surface area contributed by atoms with Gasteiger partial charge in [0, 0.05) is 17.3 Å². The molecule has 0 amide bonds. The highest BCUT2D eigenvalue weighted by molar-refractivity contribution is 6.32. The third kappa shape index (κ3) is 3.02. The summed E-state index contributed by atoms with van der Waals surface area (Å²) in [4.78, 5) is 12.6. The maximum absolute atomic E-state index is 14.4. The van der Waals surface area contributed by atoms with E-state index in [1.54, 1.807) is 0 Å². The number of benzene rings is 1.